The molecule has 0 atom stereocenters. The van der Waals surface area contributed by atoms with Gasteiger partial charge in [-0.15, -0.1) is 0 Å². The van der Waals surface area contributed by atoms with Crippen molar-refractivity contribution >= 4 is 17.5 Å². The van der Waals surface area contributed by atoms with E-state index in [2.05, 4.69) is 4.98 Å². The maximum atomic E-state index is 13.3. The highest BCUT2D eigenvalue weighted by Gasteiger charge is 2.36. The maximum Gasteiger partial charge on any atom is 0.417 e. The fraction of sp³-hybridized carbons (Fsp3) is 0.188. The first-order valence-corrected chi connectivity index (χ1v) is 7.51. The smallest absolute Gasteiger partial charge is 0.299 e. The van der Waals surface area contributed by atoms with Crippen LogP contribution in [0.15, 0.2) is 41.4 Å². The first kappa shape index (κ1) is 17.0. The SMILES string of the molecule is CC(=O)CSc1nc(-c2ccccc2)cc(C(F)(F)F)c1C#N. The molecule has 7 heteroatoms. The van der Waals surface area contributed by atoms with Crippen LogP contribution in [-0.2, 0) is 11.0 Å². The summed E-state index contributed by atoms with van der Waals surface area (Å²) in [5, 5.41) is 9.01. The molecule has 0 amide bonds. The molecule has 0 saturated heterocycles. The van der Waals surface area contributed by atoms with Crippen molar-refractivity contribution in [2.24, 2.45) is 0 Å². The van der Waals surface area contributed by atoms with Crippen molar-refractivity contribution in [1.82, 2.24) is 4.98 Å². The molecule has 0 saturated carbocycles. The van der Waals surface area contributed by atoms with Gasteiger partial charge in [0.15, 0.2) is 0 Å². The number of carbonyl (C=O) groups excluding carboxylic acids is 1. The number of hydrogen-bond donors (Lipinski definition) is 0. The van der Waals surface area contributed by atoms with Gasteiger partial charge in [-0.25, -0.2) is 4.98 Å². The lowest BCUT2D eigenvalue weighted by atomic mass is 10.1. The topological polar surface area (TPSA) is 53.8 Å². The molecule has 2 rings (SSSR count). The Morgan fingerprint density at radius 1 is 1.30 bits per heavy atom. The van der Waals surface area contributed by atoms with Crippen LogP contribution >= 0.6 is 11.8 Å². The summed E-state index contributed by atoms with van der Waals surface area (Å²) < 4.78 is 39.8. The van der Waals surface area contributed by atoms with Crippen molar-refractivity contribution in [1.29, 1.82) is 5.26 Å². The number of pyridine rings is 1. The van der Waals surface area contributed by atoms with Gasteiger partial charge in [0.1, 0.15) is 16.9 Å². The van der Waals surface area contributed by atoms with Crippen molar-refractivity contribution in [3.8, 4) is 17.3 Å². The van der Waals surface area contributed by atoms with E-state index in [1.807, 2.05) is 0 Å². The Bertz CT molecular complexity index is 767. The molecule has 0 unspecified atom stereocenters. The normalized spacial score (nSPS) is 11.1. The van der Waals surface area contributed by atoms with Gasteiger partial charge in [0, 0.05) is 5.56 Å². The maximum absolute atomic E-state index is 13.3. The molecule has 0 N–H and O–H groups in total. The van der Waals surface area contributed by atoms with Gasteiger partial charge in [-0.1, -0.05) is 42.1 Å². The van der Waals surface area contributed by atoms with Gasteiger partial charge < -0.3 is 0 Å². The Hall–Kier alpha value is -2.33. The molecule has 0 aliphatic heterocycles. The number of rotatable bonds is 4. The number of carbonyl (C=O) groups is 1. The van der Waals surface area contributed by atoms with Crippen LogP contribution in [0.3, 0.4) is 0 Å². The number of Topliss-reactive ketones (excluding diaryl/α,β-unsaturated/α-hetero) is 1. The number of thioether (sulfide) groups is 1. The minimum absolute atomic E-state index is 0.0444. The molecular weight excluding hydrogens is 325 g/mol. The first-order valence-electron chi connectivity index (χ1n) is 6.53. The van der Waals surface area contributed by atoms with Crippen molar-refractivity contribution in [3.63, 3.8) is 0 Å². The van der Waals surface area contributed by atoms with Crippen LogP contribution < -0.4 is 0 Å². The minimum atomic E-state index is -4.68. The molecule has 1 aromatic heterocycles. The third-order valence-electron chi connectivity index (χ3n) is 2.89. The fourth-order valence-electron chi connectivity index (χ4n) is 1.88. The number of aromatic nitrogens is 1. The lowest BCUT2D eigenvalue weighted by molar-refractivity contribution is -0.138. The summed E-state index contributed by atoms with van der Waals surface area (Å²) in [6, 6.07) is 10.8. The molecule has 0 radical (unpaired) electrons. The number of nitrogens with zero attached hydrogens (tertiary/aromatic N) is 2. The number of hydrogen-bond acceptors (Lipinski definition) is 4. The lowest BCUT2D eigenvalue weighted by Gasteiger charge is -2.14. The number of nitriles is 1. The van der Waals surface area contributed by atoms with Gasteiger partial charge >= 0.3 is 6.18 Å². The van der Waals surface area contributed by atoms with E-state index in [9.17, 15) is 18.0 Å². The second-order valence-corrected chi connectivity index (χ2v) is 5.67. The summed E-state index contributed by atoms with van der Waals surface area (Å²) in [5.41, 5.74) is -0.974. The van der Waals surface area contributed by atoms with E-state index in [1.54, 1.807) is 36.4 Å². The Morgan fingerprint density at radius 2 is 1.96 bits per heavy atom. The van der Waals surface area contributed by atoms with Crippen LogP contribution in [0.4, 0.5) is 13.2 Å². The van der Waals surface area contributed by atoms with E-state index in [-0.39, 0.29) is 22.3 Å². The molecule has 0 bridgehead atoms. The number of benzene rings is 1. The van der Waals surface area contributed by atoms with Crippen molar-refractivity contribution in [2.45, 2.75) is 18.1 Å². The molecule has 23 heavy (non-hydrogen) atoms. The van der Waals surface area contributed by atoms with Crippen molar-refractivity contribution in [3.05, 3.63) is 47.5 Å². The molecule has 3 nitrogen and oxygen atoms in total. The molecule has 118 valence electrons. The van der Waals surface area contributed by atoms with Crippen molar-refractivity contribution in [2.75, 3.05) is 5.75 Å². The Balaban J connectivity index is 2.64. The van der Waals surface area contributed by atoms with Gasteiger partial charge in [0.2, 0.25) is 0 Å². The summed E-state index contributed by atoms with van der Waals surface area (Å²) in [5.74, 6) is -0.253. The predicted molar refractivity (Wildman–Crippen MR) is 80.8 cm³/mol. The van der Waals surface area contributed by atoms with E-state index in [4.69, 9.17) is 5.26 Å². The quantitative estimate of drug-likeness (QED) is 0.780. The van der Waals surface area contributed by atoms with Crippen LogP contribution in [0.1, 0.15) is 18.1 Å². The van der Waals surface area contributed by atoms with E-state index in [1.165, 1.54) is 6.92 Å². The zero-order chi connectivity index (χ0) is 17.0. The van der Waals surface area contributed by atoms with E-state index in [0.29, 0.717) is 5.56 Å². The highest BCUT2D eigenvalue weighted by atomic mass is 32.2. The third-order valence-corrected chi connectivity index (χ3v) is 4.00. The third kappa shape index (κ3) is 4.11. The van der Waals surface area contributed by atoms with Crippen LogP contribution in [0, 0.1) is 11.3 Å². The van der Waals surface area contributed by atoms with E-state index < -0.39 is 17.3 Å². The average Bonchev–Trinajstić information content (AvgIpc) is 2.51. The Morgan fingerprint density at radius 3 is 2.48 bits per heavy atom. The van der Waals surface area contributed by atoms with Gasteiger partial charge in [0.05, 0.1) is 22.6 Å². The van der Waals surface area contributed by atoms with Crippen LogP contribution in [0.25, 0.3) is 11.3 Å². The van der Waals surface area contributed by atoms with Gasteiger partial charge in [-0.05, 0) is 13.0 Å². The van der Waals surface area contributed by atoms with Gasteiger partial charge in [0.25, 0.3) is 0 Å². The predicted octanol–water partition coefficient (Wildman–Crippen LogP) is 4.32. The Labute approximate surface area is 135 Å². The largest absolute Gasteiger partial charge is 0.417 e. The molecule has 0 spiro atoms. The zero-order valence-electron chi connectivity index (χ0n) is 12.0. The fourth-order valence-corrected chi connectivity index (χ4v) is 2.69. The van der Waals surface area contributed by atoms with Gasteiger partial charge in [-0.3, -0.25) is 4.79 Å². The molecule has 0 aliphatic rings. The second-order valence-electron chi connectivity index (χ2n) is 4.70. The molecule has 1 aromatic carbocycles. The number of ketones is 1. The lowest BCUT2D eigenvalue weighted by Crippen LogP contribution is -2.11. The molecule has 1 heterocycles. The summed E-state index contributed by atoms with van der Waals surface area (Å²) in [6.07, 6.45) is -4.68. The number of alkyl halides is 3. The first-order chi connectivity index (χ1) is 10.8. The van der Waals surface area contributed by atoms with Gasteiger partial charge in [-0.2, -0.15) is 18.4 Å². The van der Waals surface area contributed by atoms with Crippen LogP contribution in [0.5, 0.6) is 0 Å². The van der Waals surface area contributed by atoms with Crippen LogP contribution in [-0.4, -0.2) is 16.5 Å². The summed E-state index contributed by atoms with van der Waals surface area (Å²) in [6.45, 7) is 1.32. The highest BCUT2D eigenvalue weighted by molar-refractivity contribution is 8.00. The summed E-state index contributed by atoms with van der Waals surface area (Å²) >= 11 is 0.836. The summed E-state index contributed by atoms with van der Waals surface area (Å²) in [7, 11) is 0. The van der Waals surface area contributed by atoms with Crippen molar-refractivity contribution < 1.29 is 18.0 Å². The molecular formula is C16H11F3N2OS. The average molecular weight is 336 g/mol. The van der Waals surface area contributed by atoms with E-state index in [0.717, 1.165) is 17.8 Å². The molecule has 2 aromatic rings. The molecule has 0 aliphatic carbocycles. The zero-order valence-corrected chi connectivity index (χ0v) is 12.8. The minimum Gasteiger partial charge on any atom is -0.299 e. The standard InChI is InChI=1S/C16H11F3N2OS/c1-10(22)9-23-15-12(8-20)13(16(17,18)19)7-14(21-15)11-5-3-2-4-6-11/h2-7H,9H2,1H3. The Kier molecular flexibility index (Phi) is 5.06. The second kappa shape index (κ2) is 6.84. The molecule has 0 fully saturated rings. The highest BCUT2D eigenvalue weighted by Crippen LogP contribution is 2.37. The number of halogens is 3. The monoisotopic (exact) mass is 336 g/mol. The van der Waals surface area contributed by atoms with E-state index >= 15 is 0 Å². The van der Waals surface area contributed by atoms with Crippen LogP contribution in [0.2, 0.25) is 0 Å². The summed E-state index contributed by atoms with van der Waals surface area (Å²) in [4.78, 5) is 15.2.